The second-order valence-corrected chi connectivity index (χ2v) is 6.39. The Bertz CT molecular complexity index is 511. The SMILES string of the molecule is C[C@@H]1CNC[C@H](C)C1(O)c1ccc(Br)cc1OC(F)(F)F. The number of aliphatic hydroxyl groups is 1. The first kappa shape index (κ1) is 16.6. The third kappa shape index (κ3) is 3.35. The molecule has 2 N–H and O–H groups in total. The third-order valence-electron chi connectivity index (χ3n) is 4.00. The molecule has 1 unspecified atom stereocenters. The summed E-state index contributed by atoms with van der Waals surface area (Å²) in [6, 6.07) is 4.34. The maximum atomic E-state index is 12.6. The van der Waals surface area contributed by atoms with Gasteiger partial charge in [0, 0.05) is 35.0 Å². The lowest BCUT2D eigenvalue weighted by Crippen LogP contribution is -2.53. The molecule has 7 heteroatoms. The van der Waals surface area contributed by atoms with Crippen LogP contribution in [0.2, 0.25) is 0 Å². The van der Waals surface area contributed by atoms with E-state index in [1.165, 1.54) is 12.1 Å². The van der Waals surface area contributed by atoms with Crippen LogP contribution in [-0.2, 0) is 5.60 Å². The van der Waals surface area contributed by atoms with Crippen molar-refractivity contribution in [3.05, 3.63) is 28.2 Å². The Hall–Kier alpha value is -0.790. The van der Waals surface area contributed by atoms with Gasteiger partial charge in [-0.2, -0.15) is 0 Å². The van der Waals surface area contributed by atoms with Gasteiger partial charge >= 0.3 is 6.36 Å². The summed E-state index contributed by atoms with van der Waals surface area (Å²) >= 11 is 3.13. The molecular formula is C14H17BrF3NO2. The molecule has 1 aliphatic heterocycles. The zero-order valence-corrected chi connectivity index (χ0v) is 13.3. The monoisotopic (exact) mass is 367 g/mol. The van der Waals surface area contributed by atoms with Crippen molar-refractivity contribution in [2.45, 2.75) is 25.8 Å². The number of hydrogen-bond acceptors (Lipinski definition) is 3. The van der Waals surface area contributed by atoms with E-state index in [9.17, 15) is 18.3 Å². The Kier molecular flexibility index (Phi) is 4.56. The molecule has 0 radical (unpaired) electrons. The number of nitrogens with one attached hydrogen (secondary N) is 1. The van der Waals surface area contributed by atoms with Gasteiger partial charge in [-0.15, -0.1) is 13.2 Å². The van der Waals surface area contributed by atoms with Crippen molar-refractivity contribution in [3.8, 4) is 5.75 Å². The number of rotatable bonds is 2. The first-order valence-electron chi connectivity index (χ1n) is 6.63. The molecule has 0 amide bonds. The van der Waals surface area contributed by atoms with Gasteiger partial charge in [0.05, 0.1) is 0 Å². The number of hydrogen-bond donors (Lipinski definition) is 2. The van der Waals surface area contributed by atoms with E-state index in [2.05, 4.69) is 26.0 Å². The van der Waals surface area contributed by atoms with Crippen LogP contribution < -0.4 is 10.1 Å². The minimum atomic E-state index is -4.80. The van der Waals surface area contributed by atoms with E-state index in [1.807, 2.05) is 13.8 Å². The molecule has 0 saturated carbocycles. The molecule has 3 nitrogen and oxygen atoms in total. The van der Waals surface area contributed by atoms with Crippen molar-refractivity contribution in [3.63, 3.8) is 0 Å². The van der Waals surface area contributed by atoms with Gasteiger partial charge < -0.3 is 15.2 Å². The fraction of sp³-hybridized carbons (Fsp3) is 0.571. The molecular weight excluding hydrogens is 351 g/mol. The number of alkyl halides is 3. The second kappa shape index (κ2) is 5.78. The Morgan fingerprint density at radius 3 is 2.38 bits per heavy atom. The van der Waals surface area contributed by atoms with Crippen molar-refractivity contribution in [1.82, 2.24) is 5.32 Å². The Morgan fingerprint density at radius 1 is 1.29 bits per heavy atom. The fourth-order valence-electron chi connectivity index (χ4n) is 2.88. The summed E-state index contributed by atoms with van der Waals surface area (Å²) in [5.41, 5.74) is -1.20. The van der Waals surface area contributed by atoms with Crippen molar-refractivity contribution in [2.24, 2.45) is 11.8 Å². The topological polar surface area (TPSA) is 41.5 Å². The van der Waals surface area contributed by atoms with Crippen molar-refractivity contribution < 1.29 is 23.0 Å². The average Bonchev–Trinajstić information content (AvgIpc) is 2.34. The van der Waals surface area contributed by atoms with Crippen LogP contribution >= 0.6 is 15.9 Å². The predicted octanol–water partition coefficient (Wildman–Crippen LogP) is 3.41. The van der Waals surface area contributed by atoms with E-state index in [4.69, 9.17) is 0 Å². The highest BCUT2D eigenvalue weighted by molar-refractivity contribution is 9.10. The van der Waals surface area contributed by atoms with Crippen LogP contribution in [0.1, 0.15) is 19.4 Å². The van der Waals surface area contributed by atoms with Gasteiger partial charge in [-0.05, 0) is 12.1 Å². The number of halogens is 4. The summed E-state index contributed by atoms with van der Waals surface area (Å²) < 4.78 is 42.4. The molecule has 3 atom stereocenters. The lowest BCUT2D eigenvalue weighted by molar-refractivity contribution is -0.275. The molecule has 118 valence electrons. The molecule has 1 aromatic rings. The first-order chi connectivity index (χ1) is 9.64. The van der Waals surface area contributed by atoms with E-state index in [0.717, 1.165) is 0 Å². The average molecular weight is 368 g/mol. The van der Waals surface area contributed by atoms with Crippen LogP contribution in [0.5, 0.6) is 5.75 Å². The van der Waals surface area contributed by atoms with Gasteiger partial charge in [-0.25, -0.2) is 0 Å². The molecule has 2 rings (SSSR count). The molecule has 1 aromatic carbocycles. The fourth-order valence-corrected chi connectivity index (χ4v) is 3.22. The number of piperidine rings is 1. The predicted molar refractivity (Wildman–Crippen MR) is 75.9 cm³/mol. The quantitative estimate of drug-likeness (QED) is 0.841. The van der Waals surface area contributed by atoms with Crippen LogP contribution in [0.4, 0.5) is 13.2 Å². The minimum absolute atomic E-state index is 0.171. The molecule has 0 aromatic heterocycles. The smallest absolute Gasteiger partial charge is 0.405 e. The third-order valence-corrected chi connectivity index (χ3v) is 4.50. The highest BCUT2D eigenvalue weighted by Crippen LogP contribution is 2.44. The van der Waals surface area contributed by atoms with Crippen LogP contribution in [0.3, 0.4) is 0 Å². The Balaban J connectivity index is 2.51. The summed E-state index contributed by atoms with van der Waals surface area (Å²) in [7, 11) is 0. The molecule has 0 aliphatic carbocycles. The van der Waals surface area contributed by atoms with Crippen LogP contribution in [0.15, 0.2) is 22.7 Å². The summed E-state index contributed by atoms with van der Waals surface area (Å²) in [5, 5.41) is 14.2. The second-order valence-electron chi connectivity index (χ2n) is 5.47. The molecule has 21 heavy (non-hydrogen) atoms. The van der Waals surface area contributed by atoms with Crippen LogP contribution in [-0.4, -0.2) is 24.6 Å². The first-order valence-corrected chi connectivity index (χ1v) is 7.42. The molecule has 0 bridgehead atoms. The summed E-state index contributed by atoms with van der Waals surface area (Å²) in [5.74, 6) is -0.837. The number of ether oxygens (including phenoxy) is 1. The molecule has 1 aliphatic rings. The van der Waals surface area contributed by atoms with E-state index >= 15 is 0 Å². The standard InChI is InChI=1S/C14H17BrF3NO2/c1-8-6-19-7-9(2)13(8,20)11-4-3-10(15)5-12(11)21-14(16,17)18/h3-5,8-9,19-20H,6-7H2,1-2H3/t8-,9+,13?. The highest BCUT2D eigenvalue weighted by atomic mass is 79.9. The van der Waals surface area contributed by atoms with Crippen LogP contribution in [0, 0.1) is 11.8 Å². The lowest BCUT2D eigenvalue weighted by Gasteiger charge is -2.44. The van der Waals surface area contributed by atoms with Crippen molar-refractivity contribution >= 4 is 15.9 Å². The van der Waals surface area contributed by atoms with Crippen molar-refractivity contribution in [1.29, 1.82) is 0 Å². The molecule has 0 spiro atoms. The van der Waals surface area contributed by atoms with E-state index in [0.29, 0.717) is 17.6 Å². The van der Waals surface area contributed by atoms with Gasteiger partial charge in [-0.3, -0.25) is 0 Å². The largest absolute Gasteiger partial charge is 0.573 e. The molecule has 1 heterocycles. The van der Waals surface area contributed by atoms with E-state index in [1.54, 1.807) is 6.07 Å². The van der Waals surface area contributed by atoms with Gasteiger partial charge in [0.15, 0.2) is 0 Å². The molecule has 1 fully saturated rings. The zero-order chi connectivity index (χ0) is 15.8. The Labute approximate surface area is 129 Å². The summed E-state index contributed by atoms with van der Waals surface area (Å²) in [6.07, 6.45) is -4.80. The van der Waals surface area contributed by atoms with Gasteiger partial charge in [0.25, 0.3) is 0 Å². The van der Waals surface area contributed by atoms with Crippen LogP contribution in [0.25, 0.3) is 0 Å². The Morgan fingerprint density at radius 2 is 1.86 bits per heavy atom. The maximum absolute atomic E-state index is 12.6. The highest BCUT2D eigenvalue weighted by Gasteiger charge is 2.46. The van der Waals surface area contributed by atoms with Gasteiger partial charge in [-0.1, -0.05) is 35.8 Å². The zero-order valence-electron chi connectivity index (χ0n) is 11.7. The van der Waals surface area contributed by atoms with Crippen molar-refractivity contribution in [2.75, 3.05) is 13.1 Å². The minimum Gasteiger partial charge on any atom is -0.405 e. The summed E-state index contributed by atoms with van der Waals surface area (Å²) in [6.45, 7) is 4.68. The van der Waals surface area contributed by atoms with E-state index < -0.39 is 12.0 Å². The number of benzene rings is 1. The summed E-state index contributed by atoms with van der Waals surface area (Å²) in [4.78, 5) is 0. The normalized spacial score (nSPS) is 30.2. The molecule has 1 saturated heterocycles. The van der Waals surface area contributed by atoms with Gasteiger partial charge in [0.1, 0.15) is 11.4 Å². The van der Waals surface area contributed by atoms with Gasteiger partial charge in [0.2, 0.25) is 0 Å². The van der Waals surface area contributed by atoms with E-state index in [-0.39, 0.29) is 23.1 Å². The lowest BCUT2D eigenvalue weighted by atomic mass is 9.71. The maximum Gasteiger partial charge on any atom is 0.573 e.